The number of ketones is 1. The molecular weight excluding hydrogens is 358 g/mol. The highest BCUT2D eigenvalue weighted by Crippen LogP contribution is 2.18. The normalized spacial score (nSPS) is 11.5. The molecule has 0 aliphatic carbocycles. The molecule has 0 bridgehead atoms. The topological polar surface area (TPSA) is 101 Å². The largest absolute Gasteiger partial charge is 0.448 e. The van der Waals surface area contributed by atoms with E-state index in [1.165, 1.54) is 13.8 Å². The molecule has 2 N–H and O–H groups in total. The van der Waals surface area contributed by atoms with E-state index in [2.05, 4.69) is 15.5 Å². The van der Waals surface area contributed by atoms with E-state index in [4.69, 9.17) is 4.74 Å². The van der Waals surface area contributed by atoms with Gasteiger partial charge in [0.15, 0.2) is 11.9 Å². The smallest absolute Gasteiger partial charge is 0.357 e. The minimum absolute atomic E-state index is 0.0606. The van der Waals surface area contributed by atoms with Crippen LogP contribution in [0.5, 0.6) is 0 Å². The number of hydrogen-bond donors (Lipinski definition) is 2. The SMILES string of the molecule is CC(=O)c1ccc(NC(=O)[C@H](C)OC(=O)c2cc(-c3ccccc3)n[nH]2)cc1. The van der Waals surface area contributed by atoms with Crippen LogP contribution in [-0.4, -0.2) is 34.0 Å². The van der Waals surface area contributed by atoms with Crippen LogP contribution in [0, 0.1) is 0 Å². The second-order valence-electron chi connectivity index (χ2n) is 6.20. The van der Waals surface area contributed by atoms with Crippen LogP contribution in [0.3, 0.4) is 0 Å². The zero-order valence-corrected chi connectivity index (χ0v) is 15.4. The molecule has 3 rings (SSSR count). The molecular formula is C21H19N3O4. The number of H-pyrrole nitrogens is 1. The van der Waals surface area contributed by atoms with E-state index in [0.29, 0.717) is 16.9 Å². The molecule has 0 saturated carbocycles. The lowest BCUT2D eigenvalue weighted by Crippen LogP contribution is -2.30. The first-order valence-corrected chi connectivity index (χ1v) is 8.67. The van der Waals surface area contributed by atoms with Crippen LogP contribution < -0.4 is 5.32 Å². The summed E-state index contributed by atoms with van der Waals surface area (Å²) in [6.07, 6.45) is -1.01. The first-order chi connectivity index (χ1) is 13.4. The minimum Gasteiger partial charge on any atom is -0.448 e. The number of benzene rings is 2. The van der Waals surface area contributed by atoms with Crippen LogP contribution in [-0.2, 0) is 9.53 Å². The number of aromatic nitrogens is 2. The van der Waals surface area contributed by atoms with Crippen LogP contribution in [0.25, 0.3) is 11.3 Å². The summed E-state index contributed by atoms with van der Waals surface area (Å²) in [5, 5.41) is 9.36. The minimum atomic E-state index is -1.01. The number of hydrogen-bond acceptors (Lipinski definition) is 5. The molecule has 0 aliphatic heterocycles. The fraction of sp³-hybridized carbons (Fsp3) is 0.143. The van der Waals surface area contributed by atoms with Gasteiger partial charge < -0.3 is 10.1 Å². The fourth-order valence-electron chi connectivity index (χ4n) is 2.49. The highest BCUT2D eigenvalue weighted by atomic mass is 16.5. The van der Waals surface area contributed by atoms with Gasteiger partial charge in [-0.05, 0) is 44.2 Å². The summed E-state index contributed by atoms with van der Waals surface area (Å²) in [7, 11) is 0. The van der Waals surface area contributed by atoms with Crippen molar-refractivity contribution in [1.29, 1.82) is 0 Å². The van der Waals surface area contributed by atoms with E-state index in [9.17, 15) is 14.4 Å². The molecule has 0 spiro atoms. The average molecular weight is 377 g/mol. The van der Waals surface area contributed by atoms with Crippen molar-refractivity contribution in [2.75, 3.05) is 5.32 Å². The first-order valence-electron chi connectivity index (χ1n) is 8.67. The van der Waals surface area contributed by atoms with Crippen molar-refractivity contribution >= 4 is 23.3 Å². The number of carbonyl (C=O) groups is 3. The van der Waals surface area contributed by atoms with Crippen LogP contribution >= 0.6 is 0 Å². The zero-order valence-electron chi connectivity index (χ0n) is 15.4. The third-order valence-electron chi connectivity index (χ3n) is 4.08. The van der Waals surface area contributed by atoms with Crippen LogP contribution in [0.15, 0.2) is 60.7 Å². The lowest BCUT2D eigenvalue weighted by Gasteiger charge is -2.13. The van der Waals surface area contributed by atoms with Crippen LogP contribution in [0.2, 0.25) is 0 Å². The van der Waals surface area contributed by atoms with Gasteiger partial charge in [-0.15, -0.1) is 0 Å². The number of Topliss-reactive ketones (excluding diaryl/α,β-unsaturated/α-hetero) is 1. The fourth-order valence-corrected chi connectivity index (χ4v) is 2.49. The van der Waals surface area contributed by atoms with Crippen LogP contribution in [0.4, 0.5) is 5.69 Å². The van der Waals surface area contributed by atoms with Gasteiger partial charge in [0, 0.05) is 16.8 Å². The van der Waals surface area contributed by atoms with E-state index >= 15 is 0 Å². The second kappa shape index (κ2) is 8.30. The van der Waals surface area contributed by atoms with Crippen molar-refractivity contribution < 1.29 is 19.1 Å². The van der Waals surface area contributed by atoms with Gasteiger partial charge in [-0.25, -0.2) is 4.79 Å². The van der Waals surface area contributed by atoms with Gasteiger partial charge in [0.25, 0.3) is 5.91 Å². The van der Waals surface area contributed by atoms with Gasteiger partial charge in [0.2, 0.25) is 0 Å². The van der Waals surface area contributed by atoms with Gasteiger partial charge in [-0.3, -0.25) is 14.7 Å². The number of nitrogens with zero attached hydrogens (tertiary/aromatic N) is 1. The lowest BCUT2D eigenvalue weighted by molar-refractivity contribution is -0.123. The summed E-state index contributed by atoms with van der Waals surface area (Å²) in [6, 6.07) is 17.4. The second-order valence-corrected chi connectivity index (χ2v) is 6.20. The Morgan fingerprint density at radius 1 is 1.04 bits per heavy atom. The third-order valence-corrected chi connectivity index (χ3v) is 4.08. The monoisotopic (exact) mass is 377 g/mol. The predicted molar refractivity (Wildman–Crippen MR) is 104 cm³/mol. The van der Waals surface area contributed by atoms with E-state index in [0.717, 1.165) is 5.56 Å². The third kappa shape index (κ3) is 4.50. The number of rotatable bonds is 6. The molecule has 0 fully saturated rings. The van der Waals surface area contributed by atoms with Crippen molar-refractivity contribution in [1.82, 2.24) is 10.2 Å². The Hall–Kier alpha value is -3.74. The Morgan fingerprint density at radius 2 is 1.71 bits per heavy atom. The maximum atomic E-state index is 12.3. The van der Waals surface area contributed by atoms with Gasteiger partial charge >= 0.3 is 5.97 Å². The van der Waals surface area contributed by atoms with Crippen molar-refractivity contribution in [3.05, 3.63) is 71.9 Å². The molecule has 0 aliphatic rings. The maximum absolute atomic E-state index is 12.3. The number of ether oxygens (including phenoxy) is 1. The summed E-state index contributed by atoms with van der Waals surface area (Å²) in [4.78, 5) is 35.8. The number of esters is 1. The molecule has 28 heavy (non-hydrogen) atoms. The van der Waals surface area contributed by atoms with E-state index in [1.54, 1.807) is 30.3 Å². The average Bonchev–Trinajstić information content (AvgIpc) is 3.19. The molecule has 0 saturated heterocycles. The Balaban J connectivity index is 1.60. The van der Waals surface area contributed by atoms with Crippen molar-refractivity contribution in [2.24, 2.45) is 0 Å². The molecule has 3 aromatic rings. The number of carbonyl (C=O) groups excluding carboxylic acids is 3. The van der Waals surface area contributed by atoms with E-state index in [-0.39, 0.29) is 11.5 Å². The molecule has 1 heterocycles. The Kier molecular flexibility index (Phi) is 5.64. The van der Waals surface area contributed by atoms with Crippen molar-refractivity contribution in [3.63, 3.8) is 0 Å². The summed E-state index contributed by atoms with van der Waals surface area (Å²) < 4.78 is 5.21. The van der Waals surface area contributed by atoms with Gasteiger partial charge in [-0.2, -0.15) is 5.10 Å². The van der Waals surface area contributed by atoms with Crippen molar-refractivity contribution in [3.8, 4) is 11.3 Å². The maximum Gasteiger partial charge on any atom is 0.357 e. The number of amides is 1. The molecule has 1 amide bonds. The molecule has 142 valence electrons. The van der Waals surface area contributed by atoms with Crippen LogP contribution in [0.1, 0.15) is 34.7 Å². The summed E-state index contributed by atoms with van der Waals surface area (Å²) >= 11 is 0. The highest BCUT2D eigenvalue weighted by Gasteiger charge is 2.21. The number of nitrogens with one attached hydrogen (secondary N) is 2. The molecule has 7 nitrogen and oxygen atoms in total. The zero-order chi connectivity index (χ0) is 20.1. The van der Waals surface area contributed by atoms with E-state index in [1.807, 2.05) is 30.3 Å². The molecule has 7 heteroatoms. The molecule has 1 aromatic heterocycles. The highest BCUT2D eigenvalue weighted by molar-refractivity contribution is 5.98. The Bertz CT molecular complexity index is 994. The van der Waals surface area contributed by atoms with Gasteiger partial charge in [0.05, 0.1) is 5.69 Å². The summed E-state index contributed by atoms with van der Waals surface area (Å²) in [6.45, 7) is 2.94. The lowest BCUT2D eigenvalue weighted by atomic mass is 10.1. The first kappa shape index (κ1) is 19.0. The molecule has 0 radical (unpaired) electrons. The molecule has 0 unspecified atom stereocenters. The quantitative estimate of drug-likeness (QED) is 0.506. The standard InChI is InChI=1S/C21H19N3O4/c1-13(25)15-8-10-17(11-9-15)22-20(26)14(2)28-21(27)19-12-18(23-24-19)16-6-4-3-5-7-16/h3-12,14H,1-2H3,(H,22,26)(H,23,24)/t14-/m0/s1. The van der Waals surface area contributed by atoms with E-state index < -0.39 is 18.0 Å². The number of anilines is 1. The predicted octanol–water partition coefficient (Wildman–Crippen LogP) is 3.46. The molecule has 2 aromatic carbocycles. The Morgan fingerprint density at radius 3 is 2.36 bits per heavy atom. The summed E-state index contributed by atoms with van der Waals surface area (Å²) in [5.41, 5.74) is 2.67. The Labute approximate surface area is 161 Å². The number of aromatic amines is 1. The summed E-state index contributed by atoms with van der Waals surface area (Å²) in [5.74, 6) is -1.22. The molecule has 1 atom stereocenters. The van der Waals surface area contributed by atoms with Gasteiger partial charge in [0.1, 0.15) is 5.69 Å². The van der Waals surface area contributed by atoms with Gasteiger partial charge in [-0.1, -0.05) is 30.3 Å². The van der Waals surface area contributed by atoms with Crippen molar-refractivity contribution in [2.45, 2.75) is 20.0 Å².